The number of likely N-dealkylation sites (tertiary alicyclic amines) is 1. The Balaban J connectivity index is 1.70. The molecule has 1 fully saturated rings. The molecule has 2 N–H and O–H groups in total. The Labute approximate surface area is 152 Å². The molecule has 8 nitrogen and oxygen atoms in total. The third-order valence-electron chi connectivity index (χ3n) is 4.47. The minimum Gasteiger partial charge on any atom is -0.465 e. The summed E-state index contributed by atoms with van der Waals surface area (Å²) in [5.41, 5.74) is 0. The highest BCUT2D eigenvalue weighted by molar-refractivity contribution is 7.89. The predicted molar refractivity (Wildman–Crippen MR) is 94.3 cm³/mol. The normalized spacial score (nSPS) is 16.7. The quantitative estimate of drug-likeness (QED) is 0.756. The molecule has 3 rings (SSSR count). The number of furan rings is 2. The molecule has 1 unspecified atom stereocenters. The van der Waals surface area contributed by atoms with Crippen molar-refractivity contribution in [3.63, 3.8) is 0 Å². The van der Waals surface area contributed by atoms with Crippen molar-refractivity contribution in [2.45, 2.75) is 30.9 Å². The summed E-state index contributed by atoms with van der Waals surface area (Å²) in [5, 5.41) is 2.53. The minimum absolute atomic E-state index is 0.0466. The number of hydrogen-bond acceptors (Lipinski definition) is 6. The molecule has 0 aliphatic carbocycles. The third-order valence-corrected chi connectivity index (χ3v) is 5.75. The zero-order valence-corrected chi connectivity index (χ0v) is 15.6. The number of amides is 1. The molecule has 2 aromatic heterocycles. The molecular weight excluding hydrogens is 358 g/mol. The van der Waals surface area contributed by atoms with Crippen LogP contribution in [0.25, 0.3) is 0 Å². The fourth-order valence-electron chi connectivity index (χ4n) is 3.06. The lowest BCUT2D eigenvalue weighted by Gasteiger charge is -2.25. The number of hydrogen-bond donors (Lipinski definition) is 2. The first kappa shape index (κ1) is 18.7. The van der Waals surface area contributed by atoms with Crippen LogP contribution in [0.1, 0.15) is 41.0 Å². The van der Waals surface area contributed by atoms with Crippen LogP contribution >= 0.6 is 0 Å². The van der Waals surface area contributed by atoms with Gasteiger partial charge in [-0.25, -0.2) is 13.1 Å². The van der Waals surface area contributed by atoms with Gasteiger partial charge in [-0.15, -0.1) is 0 Å². The SMILES string of the molecule is CNS(=O)(=O)c1ccc(C(=O)NCC(c2ccc(C)o2)N2CCCC2)o1. The maximum Gasteiger partial charge on any atom is 0.287 e. The van der Waals surface area contributed by atoms with Gasteiger partial charge in [0, 0.05) is 6.54 Å². The van der Waals surface area contributed by atoms with Gasteiger partial charge in [-0.1, -0.05) is 0 Å². The summed E-state index contributed by atoms with van der Waals surface area (Å²) in [5.74, 6) is 1.12. The summed E-state index contributed by atoms with van der Waals surface area (Å²) in [4.78, 5) is 14.6. The Morgan fingerprint density at radius 3 is 2.54 bits per heavy atom. The van der Waals surface area contributed by atoms with Crippen LogP contribution in [0.5, 0.6) is 0 Å². The second-order valence-electron chi connectivity index (χ2n) is 6.24. The van der Waals surface area contributed by atoms with E-state index in [0.717, 1.165) is 37.5 Å². The van der Waals surface area contributed by atoms with E-state index in [2.05, 4.69) is 14.9 Å². The lowest BCUT2D eigenvalue weighted by atomic mass is 10.2. The second-order valence-corrected chi connectivity index (χ2v) is 8.06. The molecule has 2 aromatic rings. The summed E-state index contributed by atoms with van der Waals surface area (Å²) in [6, 6.07) is 6.37. The molecule has 0 aromatic carbocycles. The van der Waals surface area contributed by atoms with Crippen molar-refractivity contribution in [1.82, 2.24) is 14.9 Å². The Hall–Kier alpha value is -2.10. The molecule has 26 heavy (non-hydrogen) atoms. The highest BCUT2D eigenvalue weighted by Gasteiger charge is 2.27. The van der Waals surface area contributed by atoms with Gasteiger partial charge in [0.15, 0.2) is 5.76 Å². The highest BCUT2D eigenvalue weighted by atomic mass is 32.2. The Bertz CT molecular complexity index is 865. The standard InChI is InChI=1S/C17H23N3O5S/c1-12-5-6-14(24-12)13(20-9-3-4-10-20)11-19-17(21)15-7-8-16(25-15)26(22,23)18-2/h5-8,13,18H,3-4,9-11H2,1-2H3,(H,19,21). The van der Waals surface area contributed by atoms with Crippen molar-refractivity contribution in [3.05, 3.63) is 41.5 Å². The van der Waals surface area contributed by atoms with Crippen LogP contribution in [-0.2, 0) is 10.0 Å². The van der Waals surface area contributed by atoms with Crippen molar-refractivity contribution in [2.24, 2.45) is 0 Å². The topological polar surface area (TPSA) is 105 Å². The van der Waals surface area contributed by atoms with Crippen molar-refractivity contribution < 1.29 is 22.0 Å². The van der Waals surface area contributed by atoms with E-state index >= 15 is 0 Å². The van der Waals surface area contributed by atoms with E-state index in [-0.39, 0.29) is 16.9 Å². The van der Waals surface area contributed by atoms with E-state index in [9.17, 15) is 13.2 Å². The molecule has 0 saturated carbocycles. The van der Waals surface area contributed by atoms with Gasteiger partial charge in [0.25, 0.3) is 15.9 Å². The Morgan fingerprint density at radius 1 is 1.19 bits per heavy atom. The molecule has 0 bridgehead atoms. The number of nitrogens with zero attached hydrogens (tertiary/aromatic N) is 1. The zero-order valence-electron chi connectivity index (χ0n) is 14.8. The number of carbonyl (C=O) groups is 1. The van der Waals surface area contributed by atoms with Crippen molar-refractivity contribution in [3.8, 4) is 0 Å². The van der Waals surface area contributed by atoms with Crippen LogP contribution in [-0.4, -0.2) is 45.9 Å². The number of nitrogens with one attached hydrogen (secondary N) is 2. The molecule has 1 saturated heterocycles. The molecule has 3 heterocycles. The van der Waals surface area contributed by atoms with Crippen LogP contribution < -0.4 is 10.0 Å². The van der Waals surface area contributed by atoms with E-state index in [1.807, 2.05) is 19.1 Å². The van der Waals surface area contributed by atoms with Crippen molar-refractivity contribution in [2.75, 3.05) is 26.7 Å². The molecule has 142 valence electrons. The highest BCUT2D eigenvalue weighted by Crippen LogP contribution is 2.26. The first-order chi connectivity index (χ1) is 12.4. The second kappa shape index (κ2) is 7.65. The third kappa shape index (κ3) is 4.00. The van der Waals surface area contributed by atoms with Crippen LogP contribution in [0.4, 0.5) is 0 Å². The molecule has 9 heteroatoms. The van der Waals surface area contributed by atoms with Crippen LogP contribution in [0.15, 0.2) is 38.2 Å². The van der Waals surface area contributed by atoms with Gasteiger partial charge in [0.05, 0.1) is 6.04 Å². The number of aryl methyl sites for hydroxylation is 1. The van der Waals surface area contributed by atoms with Crippen molar-refractivity contribution >= 4 is 15.9 Å². The maximum atomic E-state index is 12.4. The fraction of sp³-hybridized carbons (Fsp3) is 0.471. The molecule has 0 radical (unpaired) electrons. The Kier molecular flexibility index (Phi) is 5.49. The molecule has 1 atom stereocenters. The van der Waals surface area contributed by atoms with Gasteiger partial charge in [-0.2, -0.15) is 0 Å². The van der Waals surface area contributed by atoms with E-state index in [0.29, 0.717) is 6.54 Å². The van der Waals surface area contributed by atoms with Crippen LogP contribution in [0.3, 0.4) is 0 Å². The van der Waals surface area contributed by atoms with E-state index < -0.39 is 15.9 Å². The lowest BCUT2D eigenvalue weighted by molar-refractivity contribution is 0.0900. The van der Waals surface area contributed by atoms with E-state index in [1.165, 1.54) is 19.2 Å². The van der Waals surface area contributed by atoms with E-state index in [4.69, 9.17) is 8.83 Å². The first-order valence-corrected chi connectivity index (χ1v) is 10.0. The van der Waals surface area contributed by atoms with Gasteiger partial charge < -0.3 is 14.2 Å². The minimum atomic E-state index is -3.72. The summed E-state index contributed by atoms with van der Waals surface area (Å²) >= 11 is 0. The molecular formula is C17H23N3O5S. The lowest BCUT2D eigenvalue weighted by Crippen LogP contribution is -2.36. The molecule has 1 aliphatic rings. The zero-order chi connectivity index (χ0) is 18.7. The predicted octanol–water partition coefficient (Wildman–Crippen LogP) is 1.66. The van der Waals surface area contributed by atoms with Crippen molar-refractivity contribution in [1.29, 1.82) is 0 Å². The van der Waals surface area contributed by atoms with Gasteiger partial charge >= 0.3 is 0 Å². The van der Waals surface area contributed by atoms with Gasteiger partial charge in [0.1, 0.15) is 11.5 Å². The van der Waals surface area contributed by atoms with E-state index in [1.54, 1.807) is 0 Å². The number of sulfonamides is 1. The molecule has 0 spiro atoms. The Morgan fingerprint density at radius 2 is 1.92 bits per heavy atom. The first-order valence-electron chi connectivity index (χ1n) is 8.52. The average molecular weight is 381 g/mol. The average Bonchev–Trinajstić information content (AvgIpc) is 3.36. The monoisotopic (exact) mass is 381 g/mol. The van der Waals surface area contributed by atoms with Crippen LogP contribution in [0, 0.1) is 6.92 Å². The van der Waals surface area contributed by atoms with Gasteiger partial charge in [0.2, 0.25) is 5.09 Å². The number of carbonyl (C=O) groups excluding carboxylic acids is 1. The molecule has 1 amide bonds. The van der Waals surface area contributed by atoms with Crippen LogP contribution in [0.2, 0.25) is 0 Å². The number of rotatable bonds is 7. The fourth-order valence-corrected chi connectivity index (χ4v) is 3.71. The summed E-state index contributed by atoms with van der Waals surface area (Å²) < 4.78 is 36.5. The summed E-state index contributed by atoms with van der Waals surface area (Å²) in [6.45, 7) is 4.13. The van der Waals surface area contributed by atoms with Gasteiger partial charge in [-0.05, 0) is 64.2 Å². The molecule has 1 aliphatic heterocycles. The maximum absolute atomic E-state index is 12.4. The smallest absolute Gasteiger partial charge is 0.287 e. The largest absolute Gasteiger partial charge is 0.465 e. The summed E-state index contributed by atoms with van der Waals surface area (Å²) in [7, 11) is -2.43. The van der Waals surface area contributed by atoms with Gasteiger partial charge in [-0.3, -0.25) is 9.69 Å². The summed E-state index contributed by atoms with van der Waals surface area (Å²) in [6.07, 6.45) is 2.24.